The number of oxime groups is 1. The van der Waals surface area contributed by atoms with E-state index < -0.39 is 29.2 Å². The number of anilines is 1. The van der Waals surface area contributed by atoms with Gasteiger partial charge in [0.25, 0.3) is 11.8 Å². The number of nitrogens with two attached hydrogens (primary N) is 1. The molecule has 2 aliphatic rings. The Kier molecular flexibility index (Phi) is 7.37. The standard InChI is InChI=1S/C20H19N7O5S3/c1-9-3-4-10(7-22-9)5-6-33-11-8-34-18-13(17(29)27(18)14(11)19(30)31)23-16(28)12(25-32-2)15-24-20(21)35-26-15/h3-7,13,18H,8H2,1-2H3,(H,23,28)(H,30,31)(H2,21,24,26)/b6-5-,25-12+. The zero-order chi connectivity index (χ0) is 25.1. The summed E-state index contributed by atoms with van der Waals surface area (Å²) in [6.07, 6.45) is 3.53. The molecule has 2 amide bonds. The number of pyridine rings is 1. The van der Waals surface area contributed by atoms with Crippen molar-refractivity contribution in [2.75, 3.05) is 18.6 Å². The van der Waals surface area contributed by atoms with Crippen LogP contribution in [-0.4, -0.2) is 72.1 Å². The molecule has 1 saturated heterocycles. The Morgan fingerprint density at radius 3 is 2.86 bits per heavy atom. The lowest BCUT2D eigenvalue weighted by Gasteiger charge is -2.49. The first kappa shape index (κ1) is 24.7. The van der Waals surface area contributed by atoms with Crippen molar-refractivity contribution in [3.8, 4) is 0 Å². The molecule has 15 heteroatoms. The third-order valence-electron chi connectivity index (χ3n) is 4.88. The normalized spacial score (nSPS) is 20.0. The minimum atomic E-state index is -1.22. The van der Waals surface area contributed by atoms with Gasteiger partial charge in [-0.2, -0.15) is 9.36 Å². The van der Waals surface area contributed by atoms with Gasteiger partial charge in [-0.05, 0) is 30.0 Å². The number of β-lactam (4-membered cyclic amide) rings is 1. The molecule has 0 bridgehead atoms. The van der Waals surface area contributed by atoms with E-state index in [1.807, 2.05) is 25.1 Å². The van der Waals surface area contributed by atoms with Gasteiger partial charge >= 0.3 is 5.97 Å². The Hall–Kier alpha value is -3.43. The summed E-state index contributed by atoms with van der Waals surface area (Å²) in [5.74, 6) is -2.18. The van der Waals surface area contributed by atoms with Crippen molar-refractivity contribution < 1.29 is 24.3 Å². The Morgan fingerprint density at radius 1 is 1.43 bits per heavy atom. The molecular weight excluding hydrogens is 514 g/mol. The molecule has 0 spiro atoms. The Labute approximate surface area is 211 Å². The lowest BCUT2D eigenvalue weighted by atomic mass is 10.0. The maximum absolute atomic E-state index is 12.9. The highest BCUT2D eigenvalue weighted by atomic mass is 32.2. The predicted molar refractivity (Wildman–Crippen MR) is 133 cm³/mol. The highest BCUT2D eigenvalue weighted by Gasteiger charge is 2.54. The van der Waals surface area contributed by atoms with Gasteiger partial charge in [-0.3, -0.25) is 19.5 Å². The number of amides is 2. The molecule has 35 heavy (non-hydrogen) atoms. The van der Waals surface area contributed by atoms with E-state index in [1.54, 1.807) is 11.6 Å². The average Bonchev–Trinajstić information content (AvgIpc) is 3.27. The first-order valence-electron chi connectivity index (χ1n) is 9.98. The predicted octanol–water partition coefficient (Wildman–Crippen LogP) is 1.27. The van der Waals surface area contributed by atoms with Crippen LogP contribution < -0.4 is 11.1 Å². The van der Waals surface area contributed by atoms with Crippen molar-refractivity contribution in [2.45, 2.75) is 18.3 Å². The van der Waals surface area contributed by atoms with Crippen molar-refractivity contribution in [3.05, 3.63) is 51.4 Å². The number of aromatic nitrogens is 3. The molecule has 12 nitrogen and oxygen atoms in total. The van der Waals surface area contributed by atoms with Crippen LogP contribution in [0.25, 0.3) is 6.08 Å². The van der Waals surface area contributed by atoms with E-state index in [0.717, 1.165) is 22.8 Å². The number of carbonyl (C=O) groups is 3. The van der Waals surface area contributed by atoms with Crippen LogP contribution in [0.15, 0.2) is 39.5 Å². The van der Waals surface area contributed by atoms with E-state index >= 15 is 0 Å². The van der Waals surface area contributed by atoms with E-state index in [-0.39, 0.29) is 22.4 Å². The fourth-order valence-corrected chi connectivity index (χ4v) is 6.06. The first-order valence-corrected chi connectivity index (χ1v) is 12.7. The van der Waals surface area contributed by atoms with Gasteiger partial charge in [-0.1, -0.05) is 23.0 Å². The van der Waals surface area contributed by atoms with Gasteiger partial charge in [-0.25, -0.2) is 4.79 Å². The minimum absolute atomic E-state index is 0.0350. The highest BCUT2D eigenvalue weighted by molar-refractivity contribution is 8.08. The summed E-state index contributed by atoms with van der Waals surface area (Å²) >= 11 is 3.46. The summed E-state index contributed by atoms with van der Waals surface area (Å²) in [6, 6.07) is 2.84. The number of carbonyl (C=O) groups excluding carboxylic acids is 2. The molecule has 2 aliphatic heterocycles. The van der Waals surface area contributed by atoms with E-state index in [1.165, 1.54) is 35.5 Å². The van der Waals surface area contributed by atoms with Gasteiger partial charge in [0.1, 0.15) is 24.2 Å². The number of carboxylic acids is 1. The van der Waals surface area contributed by atoms with Crippen molar-refractivity contribution in [1.82, 2.24) is 24.6 Å². The molecular formula is C20H19N7O5S3. The van der Waals surface area contributed by atoms with Crippen LogP contribution in [0.5, 0.6) is 0 Å². The molecule has 4 rings (SSSR count). The number of hydrogen-bond donors (Lipinski definition) is 3. The molecule has 2 unspecified atom stereocenters. The monoisotopic (exact) mass is 533 g/mol. The third kappa shape index (κ3) is 5.16. The zero-order valence-corrected chi connectivity index (χ0v) is 20.8. The smallest absolute Gasteiger partial charge is 0.353 e. The molecule has 2 aromatic heterocycles. The van der Waals surface area contributed by atoms with E-state index in [4.69, 9.17) is 10.6 Å². The summed E-state index contributed by atoms with van der Waals surface area (Å²) in [6.45, 7) is 1.89. The molecule has 0 radical (unpaired) electrons. The van der Waals surface area contributed by atoms with E-state index in [0.29, 0.717) is 10.7 Å². The highest BCUT2D eigenvalue weighted by Crippen LogP contribution is 2.43. The number of fused-ring (bicyclic) bond motifs is 1. The topological polar surface area (TPSA) is 173 Å². The van der Waals surface area contributed by atoms with Crippen LogP contribution in [0.1, 0.15) is 17.1 Å². The van der Waals surface area contributed by atoms with Gasteiger partial charge in [0.15, 0.2) is 5.13 Å². The van der Waals surface area contributed by atoms with E-state index in [9.17, 15) is 19.5 Å². The third-order valence-corrected chi connectivity index (χ3v) is 7.78. The first-order chi connectivity index (χ1) is 16.8. The number of nitrogen functional groups attached to an aromatic ring is 1. The van der Waals surface area contributed by atoms with Gasteiger partial charge in [0.05, 0.1) is 0 Å². The maximum Gasteiger partial charge on any atom is 0.353 e. The number of aryl methyl sites for hydroxylation is 1. The lowest BCUT2D eigenvalue weighted by Crippen LogP contribution is -2.71. The summed E-state index contributed by atoms with van der Waals surface area (Å²) < 4.78 is 3.94. The van der Waals surface area contributed by atoms with Gasteiger partial charge in [0.2, 0.25) is 11.5 Å². The quantitative estimate of drug-likeness (QED) is 0.253. The summed E-state index contributed by atoms with van der Waals surface area (Å²) in [4.78, 5) is 52.2. The summed E-state index contributed by atoms with van der Waals surface area (Å²) in [5, 5.41) is 17.4. The molecule has 182 valence electrons. The zero-order valence-electron chi connectivity index (χ0n) is 18.4. The molecule has 1 fully saturated rings. The van der Waals surface area contributed by atoms with Crippen LogP contribution in [0.4, 0.5) is 5.13 Å². The van der Waals surface area contributed by atoms with Gasteiger partial charge < -0.3 is 21.0 Å². The summed E-state index contributed by atoms with van der Waals surface area (Å²) in [7, 11) is 1.25. The number of hydrogen-bond acceptors (Lipinski definition) is 12. The Balaban J connectivity index is 1.48. The number of carboxylic acid groups (broad SMARTS) is 1. The van der Waals surface area contributed by atoms with Crippen molar-refractivity contribution in [3.63, 3.8) is 0 Å². The fraction of sp³-hybridized carbons (Fsp3) is 0.250. The molecule has 4 heterocycles. The van der Waals surface area contributed by atoms with Gasteiger partial charge in [-0.15, -0.1) is 11.8 Å². The number of aliphatic carboxylic acids is 1. The fourth-order valence-electron chi connectivity index (χ4n) is 3.27. The van der Waals surface area contributed by atoms with Crippen LogP contribution in [0, 0.1) is 6.92 Å². The average molecular weight is 534 g/mol. The molecule has 0 aliphatic carbocycles. The molecule has 0 saturated carbocycles. The van der Waals surface area contributed by atoms with Crippen LogP contribution >= 0.6 is 35.1 Å². The molecule has 0 aromatic carbocycles. The van der Waals surface area contributed by atoms with Crippen molar-refractivity contribution in [1.29, 1.82) is 0 Å². The maximum atomic E-state index is 12.9. The number of thioether (sulfide) groups is 2. The second-order valence-electron chi connectivity index (χ2n) is 7.17. The lowest BCUT2D eigenvalue weighted by molar-refractivity contribution is -0.150. The molecule has 4 N–H and O–H groups in total. The largest absolute Gasteiger partial charge is 0.477 e. The Bertz CT molecular complexity index is 1260. The van der Waals surface area contributed by atoms with Crippen LogP contribution in [0.2, 0.25) is 0 Å². The second kappa shape index (κ2) is 10.5. The SMILES string of the molecule is CO/N=C(/C(=O)NC1C(=O)N2C(C(=O)O)=C(S/C=C\c3ccc(C)nc3)CSC12)c1nsc(N)n1. The van der Waals surface area contributed by atoms with Crippen LogP contribution in [-0.2, 0) is 19.2 Å². The molecule has 2 atom stereocenters. The van der Waals surface area contributed by atoms with E-state index in [2.05, 4.69) is 24.8 Å². The Morgan fingerprint density at radius 2 is 2.23 bits per heavy atom. The van der Waals surface area contributed by atoms with Gasteiger partial charge in [0, 0.05) is 34.1 Å². The number of nitrogens with zero attached hydrogens (tertiary/aromatic N) is 5. The number of nitrogens with one attached hydrogen (secondary N) is 1. The van der Waals surface area contributed by atoms with Crippen LogP contribution in [0.3, 0.4) is 0 Å². The molecule has 2 aromatic rings. The number of rotatable bonds is 8. The minimum Gasteiger partial charge on any atom is -0.477 e. The van der Waals surface area contributed by atoms with Crippen molar-refractivity contribution >= 4 is 69.8 Å². The van der Waals surface area contributed by atoms with Crippen molar-refractivity contribution in [2.24, 2.45) is 5.16 Å². The summed E-state index contributed by atoms with van der Waals surface area (Å²) in [5.41, 5.74) is 7.00. The second-order valence-corrected chi connectivity index (χ2v) is 10.1.